The number of benzene rings is 3. The largest absolute Gasteiger partial charge is 0.496 e. The summed E-state index contributed by atoms with van der Waals surface area (Å²) in [5.74, 6) is 1.03. The van der Waals surface area contributed by atoms with Gasteiger partial charge in [-0.05, 0) is 95.7 Å². The van der Waals surface area contributed by atoms with Crippen LogP contribution in [0, 0.1) is 29.1 Å². The van der Waals surface area contributed by atoms with E-state index in [-0.39, 0.29) is 41.8 Å². The van der Waals surface area contributed by atoms with Gasteiger partial charge in [0.15, 0.2) is 0 Å². The van der Waals surface area contributed by atoms with Gasteiger partial charge in [-0.3, -0.25) is 14.4 Å². The van der Waals surface area contributed by atoms with Crippen LogP contribution in [0.5, 0.6) is 5.75 Å². The molecule has 0 spiro atoms. The maximum atomic E-state index is 14.4. The standard InChI is InChI=1S/C46H64N4O6/c1-27-37-23-34(46(37,6)7)24-38(27)48-44(54)41-40(28(2)52)39(26-51)56-50(41)25-32-19-33(45(3,4)5)22-36(42(32)55-10)30-18-31(21-35(20-30)49(8)9)43(53)47-17-16-29-14-12-11-13-15-29/h11-15,18-22,27-28,34,37-41,51-52H,16-17,23-26H2,1-10H3,(H,47,53)(H,48,54)/t27-,28-,34+,37-,38?,39-,40+,41-/m0/s1. The maximum Gasteiger partial charge on any atom is 0.251 e. The number of methoxy groups -OCH3 is 1. The summed E-state index contributed by atoms with van der Waals surface area (Å²) in [4.78, 5) is 36.5. The zero-order chi connectivity index (χ0) is 40.7. The third-order valence-corrected chi connectivity index (χ3v) is 13.2. The molecule has 4 N–H and O–H groups in total. The molecule has 3 aromatic rings. The summed E-state index contributed by atoms with van der Waals surface area (Å²) in [6, 6.07) is 19.3. The molecule has 1 heterocycles. The molecule has 10 nitrogen and oxygen atoms in total. The molecule has 0 aromatic heterocycles. The third kappa shape index (κ3) is 8.35. The third-order valence-electron chi connectivity index (χ3n) is 13.2. The Morgan fingerprint density at radius 2 is 1.79 bits per heavy atom. The quantitative estimate of drug-likeness (QED) is 0.159. The van der Waals surface area contributed by atoms with Crippen molar-refractivity contribution in [2.24, 2.45) is 29.1 Å². The van der Waals surface area contributed by atoms with Crippen LogP contribution in [0.1, 0.15) is 88.4 Å². The number of aliphatic hydroxyl groups is 2. The zero-order valence-corrected chi connectivity index (χ0v) is 35.1. The monoisotopic (exact) mass is 768 g/mol. The Balaban J connectivity index is 1.35. The first kappa shape index (κ1) is 41.7. The molecule has 4 aliphatic rings. The Kier molecular flexibility index (Phi) is 12.3. The lowest BCUT2D eigenvalue weighted by atomic mass is 9.45. The van der Waals surface area contributed by atoms with Gasteiger partial charge < -0.3 is 30.5 Å². The number of rotatable bonds is 13. The number of fused-ring (bicyclic) bond motifs is 2. The van der Waals surface area contributed by atoms with Crippen molar-refractivity contribution in [2.45, 2.75) is 104 Å². The fourth-order valence-electron chi connectivity index (χ4n) is 9.57. The molecule has 3 aromatic carbocycles. The number of hydrogen-bond acceptors (Lipinski definition) is 8. The zero-order valence-electron chi connectivity index (χ0n) is 35.1. The van der Waals surface area contributed by atoms with Crippen molar-refractivity contribution in [1.29, 1.82) is 0 Å². The van der Waals surface area contributed by atoms with Crippen LogP contribution in [0.3, 0.4) is 0 Å². The second-order valence-corrected chi connectivity index (χ2v) is 18.4. The van der Waals surface area contributed by atoms with Crippen LogP contribution in [0.15, 0.2) is 60.7 Å². The second-order valence-electron chi connectivity index (χ2n) is 18.4. The molecule has 3 saturated carbocycles. The topological polar surface area (TPSA) is 124 Å². The van der Waals surface area contributed by atoms with Gasteiger partial charge in [-0.25, -0.2) is 0 Å². The van der Waals surface area contributed by atoms with Crippen molar-refractivity contribution < 1.29 is 29.4 Å². The lowest BCUT2D eigenvalue weighted by Gasteiger charge is -2.62. The number of amides is 2. The van der Waals surface area contributed by atoms with Crippen molar-refractivity contribution >= 4 is 17.5 Å². The van der Waals surface area contributed by atoms with Gasteiger partial charge in [0.25, 0.3) is 5.91 Å². The van der Waals surface area contributed by atoms with E-state index in [4.69, 9.17) is 9.57 Å². The Morgan fingerprint density at radius 1 is 1.07 bits per heavy atom. The van der Waals surface area contributed by atoms with Gasteiger partial charge in [0, 0.05) is 55.0 Å². The Labute approximate surface area is 333 Å². The highest BCUT2D eigenvalue weighted by Crippen LogP contribution is 2.61. The van der Waals surface area contributed by atoms with Gasteiger partial charge in [-0.2, -0.15) is 5.06 Å². The van der Waals surface area contributed by atoms with Crippen LogP contribution in [0.25, 0.3) is 11.1 Å². The molecule has 2 amide bonds. The van der Waals surface area contributed by atoms with Crippen molar-refractivity contribution in [1.82, 2.24) is 15.7 Å². The summed E-state index contributed by atoms with van der Waals surface area (Å²) in [6.45, 7) is 15.4. The van der Waals surface area contributed by atoms with E-state index >= 15 is 0 Å². The van der Waals surface area contributed by atoms with Gasteiger partial charge >= 0.3 is 0 Å². The molecule has 304 valence electrons. The molecule has 1 unspecified atom stereocenters. The Bertz CT molecular complexity index is 1870. The predicted octanol–water partition coefficient (Wildman–Crippen LogP) is 6.36. The van der Waals surface area contributed by atoms with Crippen LogP contribution in [0.2, 0.25) is 0 Å². The molecule has 1 aliphatic heterocycles. The molecule has 56 heavy (non-hydrogen) atoms. The van der Waals surface area contributed by atoms with E-state index in [9.17, 15) is 19.8 Å². The summed E-state index contributed by atoms with van der Waals surface area (Å²) in [5.41, 5.74) is 6.01. The molecule has 3 aliphatic carbocycles. The lowest BCUT2D eigenvalue weighted by Crippen LogP contribution is -2.62. The summed E-state index contributed by atoms with van der Waals surface area (Å²) >= 11 is 0. The molecular formula is C46H64N4O6. The van der Waals surface area contributed by atoms with Gasteiger partial charge in [-0.1, -0.05) is 77.9 Å². The van der Waals surface area contributed by atoms with E-state index in [1.165, 1.54) is 6.42 Å². The minimum atomic E-state index is -0.909. The van der Waals surface area contributed by atoms with E-state index in [0.717, 1.165) is 46.3 Å². The van der Waals surface area contributed by atoms with Gasteiger partial charge in [0.05, 0.1) is 26.4 Å². The molecule has 8 atom stereocenters. The van der Waals surface area contributed by atoms with E-state index in [0.29, 0.717) is 35.6 Å². The molecule has 4 fully saturated rings. The second kappa shape index (κ2) is 16.5. The van der Waals surface area contributed by atoms with E-state index in [1.54, 1.807) is 19.1 Å². The highest BCUT2D eigenvalue weighted by atomic mass is 16.7. The summed E-state index contributed by atoms with van der Waals surface area (Å²) in [7, 11) is 5.54. The highest BCUT2D eigenvalue weighted by molar-refractivity contribution is 5.97. The van der Waals surface area contributed by atoms with Crippen LogP contribution < -0.4 is 20.3 Å². The number of nitrogens with one attached hydrogen (secondary N) is 2. The Hall–Kier alpha value is -3.96. The summed E-state index contributed by atoms with van der Waals surface area (Å²) < 4.78 is 6.22. The minimum absolute atomic E-state index is 0.0306. The molecule has 10 heteroatoms. The number of aliphatic hydroxyl groups excluding tert-OH is 2. The van der Waals surface area contributed by atoms with Crippen LogP contribution in [-0.4, -0.2) is 85.7 Å². The van der Waals surface area contributed by atoms with E-state index in [1.807, 2.05) is 49.3 Å². The maximum absolute atomic E-state index is 14.4. The van der Waals surface area contributed by atoms with Crippen LogP contribution >= 0.6 is 0 Å². The number of anilines is 1. The van der Waals surface area contributed by atoms with Crippen molar-refractivity contribution in [2.75, 3.05) is 39.3 Å². The number of ether oxygens (including phenoxy) is 1. The first-order chi connectivity index (χ1) is 26.4. The normalized spacial score (nSPS) is 26.2. The van der Waals surface area contributed by atoms with Crippen LogP contribution in [0.4, 0.5) is 5.69 Å². The van der Waals surface area contributed by atoms with Crippen LogP contribution in [-0.2, 0) is 28.0 Å². The number of hydrogen-bond donors (Lipinski definition) is 4. The van der Waals surface area contributed by atoms with Gasteiger partial charge in [-0.15, -0.1) is 0 Å². The van der Waals surface area contributed by atoms with Gasteiger partial charge in [0.1, 0.15) is 17.9 Å². The average Bonchev–Trinajstić information content (AvgIpc) is 3.53. The summed E-state index contributed by atoms with van der Waals surface area (Å²) in [6.07, 6.45) is 1.18. The number of hydroxylamine groups is 2. The number of carbonyl (C=O) groups is 2. The predicted molar refractivity (Wildman–Crippen MR) is 221 cm³/mol. The van der Waals surface area contributed by atoms with E-state index in [2.05, 4.69) is 82.5 Å². The molecule has 0 radical (unpaired) electrons. The molecular weight excluding hydrogens is 705 g/mol. The minimum Gasteiger partial charge on any atom is -0.496 e. The van der Waals surface area contributed by atoms with Gasteiger partial charge in [0.2, 0.25) is 5.91 Å². The average molecular weight is 769 g/mol. The lowest BCUT2D eigenvalue weighted by molar-refractivity contribution is -0.183. The van der Waals surface area contributed by atoms with Crippen molar-refractivity contribution in [3.8, 4) is 16.9 Å². The molecule has 7 rings (SSSR count). The first-order valence-corrected chi connectivity index (χ1v) is 20.3. The van der Waals surface area contributed by atoms with E-state index < -0.39 is 24.2 Å². The SMILES string of the molecule is COc1c(CN2O[C@@H](CO)[C@@H]([C@H](C)O)[C@H]2C(=O)NC2C[C@H]3C[C@@H]([C@@H]2C)C3(C)C)cc(C(C)(C)C)cc1-c1cc(C(=O)NCCc2ccccc2)cc(N(C)C)c1. The molecule has 2 bridgehead atoms. The Morgan fingerprint density at radius 3 is 2.38 bits per heavy atom. The number of carbonyl (C=O) groups excluding carboxylic acids is 2. The fourth-order valence-corrected chi connectivity index (χ4v) is 9.57. The number of nitrogens with zero attached hydrogens (tertiary/aromatic N) is 2. The highest BCUT2D eigenvalue weighted by Gasteiger charge is 2.57. The first-order valence-electron chi connectivity index (χ1n) is 20.3. The smallest absolute Gasteiger partial charge is 0.251 e. The van der Waals surface area contributed by atoms with Crippen molar-refractivity contribution in [3.63, 3.8) is 0 Å². The van der Waals surface area contributed by atoms with Crippen molar-refractivity contribution in [3.05, 3.63) is 82.9 Å². The molecule has 1 saturated heterocycles. The fraction of sp³-hybridized carbons (Fsp3) is 0.565. The summed E-state index contributed by atoms with van der Waals surface area (Å²) in [5, 5.41) is 29.7.